The molecule has 0 aromatic heterocycles. The van der Waals surface area contributed by atoms with E-state index in [0.717, 1.165) is 6.42 Å². The molecule has 0 radical (unpaired) electrons. The lowest BCUT2D eigenvalue weighted by atomic mass is 9.83. The number of nitrogens with zero attached hydrogens (tertiary/aromatic N) is 1. The molecule has 6 heteroatoms. The van der Waals surface area contributed by atoms with Gasteiger partial charge in [0, 0.05) is 32.1 Å². The lowest BCUT2D eigenvalue weighted by Crippen LogP contribution is -2.54. The molecule has 3 atom stereocenters. The van der Waals surface area contributed by atoms with Gasteiger partial charge in [0.25, 0.3) is 0 Å². The van der Waals surface area contributed by atoms with Crippen LogP contribution in [0.15, 0.2) is 0 Å². The van der Waals surface area contributed by atoms with Crippen molar-refractivity contribution in [3.05, 3.63) is 0 Å². The summed E-state index contributed by atoms with van der Waals surface area (Å²) >= 11 is 0. The Kier molecular flexibility index (Phi) is 4.38. The molecule has 1 aliphatic heterocycles. The minimum absolute atomic E-state index is 0.00403. The monoisotopic (exact) mass is 278 g/mol. The van der Waals surface area contributed by atoms with Crippen LogP contribution in [0.1, 0.15) is 38.5 Å². The molecule has 2 aliphatic rings. The molecule has 2 fully saturated rings. The number of nitrogens with one attached hydrogen (secondary N) is 1. The van der Waals surface area contributed by atoms with Gasteiger partial charge in [0.2, 0.25) is 5.91 Å². The Morgan fingerprint density at radius 1 is 1.21 bits per heavy atom. The summed E-state index contributed by atoms with van der Waals surface area (Å²) in [6.45, 7) is 0.514. The summed E-state index contributed by atoms with van der Waals surface area (Å²) in [5.41, 5.74) is 0. The second-order valence-corrected chi connectivity index (χ2v) is 5.72. The molecule has 2 rings (SSSR count). The van der Waals surface area contributed by atoms with Gasteiger partial charge in [-0.1, -0.05) is 12.8 Å². The summed E-state index contributed by atoms with van der Waals surface area (Å²) in [5.74, 6) is -1.15. The third kappa shape index (κ3) is 3.61. The van der Waals surface area contributed by atoms with Gasteiger partial charge in [-0.05, 0) is 19.3 Å². The Labute approximate surface area is 111 Å². The van der Waals surface area contributed by atoms with E-state index in [9.17, 15) is 18.0 Å². The normalized spacial score (nSPS) is 33.6. The Morgan fingerprint density at radius 3 is 2.53 bits per heavy atom. The highest BCUT2D eigenvalue weighted by molar-refractivity contribution is 5.76. The zero-order valence-electron chi connectivity index (χ0n) is 11.2. The van der Waals surface area contributed by atoms with Gasteiger partial charge in [-0.15, -0.1) is 0 Å². The fourth-order valence-corrected chi connectivity index (χ4v) is 3.17. The average molecular weight is 278 g/mol. The van der Waals surface area contributed by atoms with Crippen LogP contribution in [-0.2, 0) is 4.79 Å². The molecule has 110 valence electrons. The van der Waals surface area contributed by atoms with Gasteiger partial charge in [0.1, 0.15) is 0 Å². The smallest absolute Gasteiger partial charge is 0.344 e. The first-order valence-corrected chi connectivity index (χ1v) is 6.94. The lowest BCUT2D eigenvalue weighted by Gasteiger charge is -2.38. The number of carbonyl (C=O) groups excluding carboxylic acids is 1. The van der Waals surface area contributed by atoms with Gasteiger partial charge in [-0.25, -0.2) is 0 Å². The van der Waals surface area contributed by atoms with Crippen LogP contribution >= 0.6 is 0 Å². The van der Waals surface area contributed by atoms with Gasteiger partial charge in [-0.2, -0.15) is 13.2 Å². The highest BCUT2D eigenvalue weighted by atomic mass is 19.4. The first kappa shape index (κ1) is 14.6. The number of rotatable bonds is 2. The largest absolute Gasteiger partial charge is 0.393 e. The first-order valence-electron chi connectivity index (χ1n) is 6.94. The molecule has 0 bridgehead atoms. The van der Waals surface area contributed by atoms with Crippen LogP contribution in [0, 0.1) is 5.92 Å². The lowest BCUT2D eigenvalue weighted by molar-refractivity contribution is -0.189. The van der Waals surface area contributed by atoms with Crippen molar-refractivity contribution in [3.63, 3.8) is 0 Å². The van der Waals surface area contributed by atoms with E-state index in [1.807, 2.05) is 0 Å². The first-order chi connectivity index (χ1) is 8.88. The van der Waals surface area contributed by atoms with Crippen LogP contribution in [0.25, 0.3) is 0 Å². The molecule has 0 aromatic carbocycles. The Bertz CT molecular complexity index is 332. The maximum Gasteiger partial charge on any atom is 0.393 e. The van der Waals surface area contributed by atoms with Crippen molar-refractivity contribution in [1.29, 1.82) is 0 Å². The van der Waals surface area contributed by atoms with Crippen molar-refractivity contribution in [2.45, 2.75) is 56.8 Å². The van der Waals surface area contributed by atoms with Crippen LogP contribution < -0.4 is 5.32 Å². The fourth-order valence-electron chi connectivity index (χ4n) is 3.17. The van der Waals surface area contributed by atoms with Crippen molar-refractivity contribution in [3.8, 4) is 0 Å². The van der Waals surface area contributed by atoms with Crippen molar-refractivity contribution >= 4 is 5.91 Å². The van der Waals surface area contributed by atoms with Crippen LogP contribution in [0.4, 0.5) is 13.2 Å². The molecule has 3 nitrogen and oxygen atoms in total. The van der Waals surface area contributed by atoms with Crippen LogP contribution in [0.5, 0.6) is 0 Å². The maximum atomic E-state index is 13.0. The number of hydrogen-bond donors (Lipinski definition) is 1. The van der Waals surface area contributed by atoms with E-state index in [2.05, 4.69) is 5.32 Å². The SMILES string of the molecule is CN1CC(NC2CCCCC2C(F)(F)F)CCC1=O. The molecule has 1 saturated carbocycles. The van der Waals surface area contributed by atoms with E-state index in [4.69, 9.17) is 0 Å². The molecule has 1 heterocycles. The zero-order valence-corrected chi connectivity index (χ0v) is 11.2. The second kappa shape index (κ2) is 5.69. The molecular formula is C13H21F3N2O. The predicted molar refractivity (Wildman–Crippen MR) is 65.6 cm³/mol. The second-order valence-electron chi connectivity index (χ2n) is 5.72. The summed E-state index contributed by atoms with van der Waals surface area (Å²) in [5, 5.41) is 3.15. The molecule has 3 unspecified atom stereocenters. The van der Waals surface area contributed by atoms with Crippen molar-refractivity contribution in [2.75, 3.05) is 13.6 Å². The van der Waals surface area contributed by atoms with Crippen LogP contribution in [0.3, 0.4) is 0 Å². The highest BCUT2D eigenvalue weighted by Crippen LogP contribution is 2.38. The number of piperidine rings is 1. The summed E-state index contributed by atoms with van der Waals surface area (Å²) in [7, 11) is 1.71. The van der Waals surface area contributed by atoms with E-state index in [1.54, 1.807) is 11.9 Å². The summed E-state index contributed by atoms with van der Waals surface area (Å²) in [6.07, 6.45) is -0.728. The van der Waals surface area contributed by atoms with Gasteiger partial charge < -0.3 is 10.2 Å². The van der Waals surface area contributed by atoms with Gasteiger partial charge in [-0.3, -0.25) is 4.79 Å². The number of likely N-dealkylation sites (N-methyl/N-ethyl adjacent to an activating group) is 1. The number of carbonyl (C=O) groups is 1. The molecular weight excluding hydrogens is 257 g/mol. The van der Waals surface area contributed by atoms with Gasteiger partial charge in [0.15, 0.2) is 0 Å². The number of amides is 1. The maximum absolute atomic E-state index is 13.0. The summed E-state index contributed by atoms with van der Waals surface area (Å²) < 4.78 is 38.9. The molecule has 1 amide bonds. The van der Waals surface area contributed by atoms with E-state index < -0.39 is 18.1 Å². The third-order valence-electron chi connectivity index (χ3n) is 4.26. The number of halogens is 3. The van der Waals surface area contributed by atoms with Crippen molar-refractivity contribution in [2.24, 2.45) is 5.92 Å². The molecule has 19 heavy (non-hydrogen) atoms. The van der Waals surface area contributed by atoms with E-state index in [-0.39, 0.29) is 18.4 Å². The van der Waals surface area contributed by atoms with Gasteiger partial charge >= 0.3 is 6.18 Å². The van der Waals surface area contributed by atoms with Gasteiger partial charge in [0.05, 0.1) is 5.92 Å². The molecule has 1 aliphatic carbocycles. The van der Waals surface area contributed by atoms with Crippen LogP contribution in [0.2, 0.25) is 0 Å². The Morgan fingerprint density at radius 2 is 1.89 bits per heavy atom. The molecule has 1 saturated heterocycles. The standard InChI is InChI=1S/C13H21F3N2O/c1-18-8-9(6-7-12(18)19)17-11-5-3-2-4-10(11)13(14,15)16/h9-11,17H,2-8H2,1H3. The van der Waals surface area contributed by atoms with Crippen molar-refractivity contribution < 1.29 is 18.0 Å². The van der Waals surface area contributed by atoms with E-state index in [1.165, 1.54) is 0 Å². The molecule has 0 spiro atoms. The number of hydrogen-bond acceptors (Lipinski definition) is 2. The number of likely N-dealkylation sites (tertiary alicyclic amines) is 1. The fraction of sp³-hybridized carbons (Fsp3) is 0.923. The zero-order chi connectivity index (χ0) is 14.0. The minimum atomic E-state index is -4.12. The Balaban J connectivity index is 1.94. The third-order valence-corrected chi connectivity index (χ3v) is 4.26. The number of alkyl halides is 3. The molecule has 1 N–H and O–H groups in total. The van der Waals surface area contributed by atoms with E-state index in [0.29, 0.717) is 32.2 Å². The topological polar surface area (TPSA) is 32.3 Å². The quantitative estimate of drug-likeness (QED) is 0.840. The van der Waals surface area contributed by atoms with Crippen molar-refractivity contribution in [1.82, 2.24) is 10.2 Å². The Hall–Kier alpha value is -0.780. The molecule has 0 aromatic rings. The summed E-state index contributed by atoms with van der Waals surface area (Å²) in [6, 6.07) is -0.490. The van der Waals surface area contributed by atoms with E-state index >= 15 is 0 Å². The predicted octanol–water partition coefficient (Wildman–Crippen LogP) is 2.32. The average Bonchev–Trinajstić information content (AvgIpc) is 2.33. The minimum Gasteiger partial charge on any atom is -0.344 e. The highest BCUT2D eigenvalue weighted by Gasteiger charge is 2.46. The van der Waals surface area contributed by atoms with Crippen LogP contribution in [-0.4, -0.2) is 42.7 Å². The summed E-state index contributed by atoms with van der Waals surface area (Å²) in [4.78, 5) is 13.0.